The lowest BCUT2D eigenvalue weighted by Gasteiger charge is -2.27. The summed E-state index contributed by atoms with van der Waals surface area (Å²) in [7, 11) is 0. The number of amides is 1. The molecule has 0 bridgehead atoms. The van der Waals surface area contributed by atoms with Gasteiger partial charge in [-0.3, -0.25) is 4.79 Å². The molecule has 3 nitrogen and oxygen atoms in total. The third-order valence-electron chi connectivity index (χ3n) is 4.25. The molecule has 1 heterocycles. The first-order valence-corrected chi connectivity index (χ1v) is 5.85. The third kappa shape index (κ3) is 2.27. The topological polar surface area (TPSA) is 41.1 Å². The number of hydrogen-bond donors (Lipinski definition) is 2. The van der Waals surface area contributed by atoms with Crippen LogP contribution in [-0.2, 0) is 4.79 Å². The van der Waals surface area contributed by atoms with E-state index >= 15 is 0 Å². The minimum Gasteiger partial charge on any atom is -0.346 e. The maximum Gasteiger partial charge on any atom is 0.405 e. The molecule has 0 radical (unpaired) electrons. The van der Waals surface area contributed by atoms with Gasteiger partial charge in [0.25, 0.3) is 0 Å². The first kappa shape index (κ1) is 12.7. The zero-order valence-electron chi connectivity index (χ0n) is 9.78. The summed E-state index contributed by atoms with van der Waals surface area (Å²) in [6, 6.07) is 0. The summed E-state index contributed by atoms with van der Waals surface area (Å²) in [5.74, 6) is -0.447. The van der Waals surface area contributed by atoms with Crippen LogP contribution in [0.4, 0.5) is 13.2 Å². The average Bonchev–Trinajstić information content (AvgIpc) is 2.81. The fraction of sp³-hybridized carbons (Fsp3) is 0.909. The fourth-order valence-corrected chi connectivity index (χ4v) is 2.96. The van der Waals surface area contributed by atoms with Gasteiger partial charge in [-0.05, 0) is 37.8 Å². The molecule has 1 saturated heterocycles. The molecule has 17 heavy (non-hydrogen) atoms. The van der Waals surface area contributed by atoms with E-state index in [2.05, 4.69) is 5.32 Å². The van der Waals surface area contributed by atoms with E-state index in [0.29, 0.717) is 6.42 Å². The van der Waals surface area contributed by atoms with E-state index in [9.17, 15) is 18.0 Å². The number of rotatable bonds is 2. The Morgan fingerprint density at radius 1 is 1.35 bits per heavy atom. The van der Waals surface area contributed by atoms with Gasteiger partial charge in [-0.2, -0.15) is 13.2 Å². The molecule has 0 aromatic heterocycles. The molecule has 98 valence electrons. The summed E-state index contributed by atoms with van der Waals surface area (Å²) in [5.41, 5.74) is -0.658. The number of carbonyl (C=O) groups excluding carboxylic acids is 1. The molecule has 2 aliphatic rings. The van der Waals surface area contributed by atoms with Crippen molar-refractivity contribution in [2.24, 2.45) is 10.8 Å². The average molecular weight is 250 g/mol. The number of hydrogen-bond acceptors (Lipinski definition) is 2. The number of carbonyl (C=O) groups is 1. The molecular formula is C11H17F3N2O. The second-order valence-electron chi connectivity index (χ2n) is 5.34. The van der Waals surface area contributed by atoms with Gasteiger partial charge in [-0.1, -0.05) is 6.92 Å². The van der Waals surface area contributed by atoms with Crippen molar-refractivity contribution < 1.29 is 18.0 Å². The van der Waals surface area contributed by atoms with Crippen LogP contribution in [0.25, 0.3) is 0 Å². The van der Waals surface area contributed by atoms with Crippen LogP contribution in [0.15, 0.2) is 0 Å². The van der Waals surface area contributed by atoms with Crippen molar-refractivity contribution in [3.63, 3.8) is 0 Å². The third-order valence-corrected chi connectivity index (χ3v) is 4.25. The zero-order chi connectivity index (χ0) is 12.7. The van der Waals surface area contributed by atoms with Gasteiger partial charge in [0.05, 0.1) is 5.41 Å². The second kappa shape index (κ2) is 3.86. The Hall–Kier alpha value is -0.780. The minimum atomic E-state index is -4.33. The van der Waals surface area contributed by atoms with Crippen molar-refractivity contribution in [3.05, 3.63) is 0 Å². The monoisotopic (exact) mass is 250 g/mol. The molecule has 1 spiro atoms. The Morgan fingerprint density at radius 3 is 2.47 bits per heavy atom. The van der Waals surface area contributed by atoms with Crippen molar-refractivity contribution in [2.75, 3.05) is 19.6 Å². The van der Waals surface area contributed by atoms with Crippen molar-refractivity contribution in [1.82, 2.24) is 10.6 Å². The van der Waals surface area contributed by atoms with E-state index in [0.717, 1.165) is 25.9 Å². The molecular weight excluding hydrogens is 233 g/mol. The van der Waals surface area contributed by atoms with Crippen LogP contribution in [0, 0.1) is 10.8 Å². The highest BCUT2D eigenvalue weighted by molar-refractivity contribution is 5.86. The highest BCUT2D eigenvalue weighted by Crippen LogP contribution is 2.68. The molecule has 0 aromatic rings. The fourth-order valence-electron chi connectivity index (χ4n) is 2.96. The van der Waals surface area contributed by atoms with Crippen molar-refractivity contribution in [2.45, 2.75) is 32.4 Å². The lowest BCUT2D eigenvalue weighted by atomic mass is 9.85. The highest BCUT2D eigenvalue weighted by atomic mass is 19.4. The van der Waals surface area contributed by atoms with E-state index in [4.69, 9.17) is 0 Å². The maximum atomic E-state index is 12.0. The Labute approximate surface area is 98.1 Å². The lowest BCUT2D eigenvalue weighted by Crippen LogP contribution is -2.41. The van der Waals surface area contributed by atoms with E-state index in [1.165, 1.54) is 0 Å². The Kier molecular flexibility index (Phi) is 2.88. The molecule has 2 fully saturated rings. The van der Waals surface area contributed by atoms with Gasteiger partial charge in [0.2, 0.25) is 5.91 Å². The van der Waals surface area contributed by atoms with Crippen LogP contribution in [0.5, 0.6) is 0 Å². The molecule has 1 atom stereocenters. The molecule has 1 saturated carbocycles. The van der Waals surface area contributed by atoms with Crippen LogP contribution in [0.1, 0.15) is 26.2 Å². The van der Waals surface area contributed by atoms with Crippen LogP contribution < -0.4 is 10.6 Å². The van der Waals surface area contributed by atoms with Gasteiger partial charge in [-0.25, -0.2) is 0 Å². The molecule has 1 unspecified atom stereocenters. The van der Waals surface area contributed by atoms with Gasteiger partial charge in [0.15, 0.2) is 0 Å². The smallest absolute Gasteiger partial charge is 0.346 e. The predicted molar refractivity (Wildman–Crippen MR) is 56.3 cm³/mol. The van der Waals surface area contributed by atoms with Gasteiger partial charge >= 0.3 is 6.18 Å². The highest BCUT2D eigenvalue weighted by Gasteiger charge is 2.67. The zero-order valence-corrected chi connectivity index (χ0v) is 9.78. The normalized spacial score (nSPS) is 31.3. The van der Waals surface area contributed by atoms with E-state index in [1.807, 2.05) is 5.32 Å². The van der Waals surface area contributed by atoms with Crippen LogP contribution in [0.2, 0.25) is 0 Å². The summed E-state index contributed by atoms with van der Waals surface area (Å²) >= 11 is 0. The van der Waals surface area contributed by atoms with Gasteiger partial charge in [0.1, 0.15) is 6.54 Å². The number of nitrogens with one attached hydrogen (secondary N) is 2. The molecule has 6 heteroatoms. The molecule has 1 aliphatic heterocycles. The van der Waals surface area contributed by atoms with E-state index in [-0.39, 0.29) is 5.41 Å². The van der Waals surface area contributed by atoms with Gasteiger partial charge < -0.3 is 10.6 Å². The standard InChI is InChI=1S/C11H17F3N2O/c1-9(8(17)16-7-11(12,13)14)6-10(9)2-4-15-5-3-10/h15H,2-7H2,1H3,(H,16,17). The summed E-state index contributed by atoms with van der Waals surface area (Å²) in [6.45, 7) is 2.25. The van der Waals surface area contributed by atoms with Gasteiger partial charge in [0, 0.05) is 0 Å². The largest absolute Gasteiger partial charge is 0.405 e. The lowest BCUT2D eigenvalue weighted by molar-refractivity contribution is -0.142. The molecule has 2 N–H and O–H groups in total. The Bertz CT molecular complexity index is 323. The molecule has 2 rings (SSSR count). The second-order valence-corrected chi connectivity index (χ2v) is 5.34. The van der Waals surface area contributed by atoms with E-state index in [1.54, 1.807) is 6.92 Å². The van der Waals surface area contributed by atoms with E-state index < -0.39 is 24.0 Å². The first-order valence-electron chi connectivity index (χ1n) is 5.85. The summed E-state index contributed by atoms with van der Waals surface area (Å²) in [6.07, 6.45) is -1.86. The summed E-state index contributed by atoms with van der Waals surface area (Å²) < 4.78 is 36.1. The predicted octanol–water partition coefficient (Wildman–Crippen LogP) is 1.44. The van der Waals surface area contributed by atoms with Crippen LogP contribution in [-0.4, -0.2) is 31.7 Å². The number of piperidine rings is 1. The quantitative estimate of drug-likeness (QED) is 0.778. The summed E-state index contributed by atoms with van der Waals surface area (Å²) in [4.78, 5) is 11.8. The molecule has 1 aliphatic carbocycles. The maximum absolute atomic E-state index is 12.0. The Morgan fingerprint density at radius 2 is 1.94 bits per heavy atom. The SMILES string of the molecule is CC1(C(=O)NCC(F)(F)F)CC12CCNCC2. The molecule has 1 amide bonds. The molecule has 0 aromatic carbocycles. The van der Waals surface area contributed by atoms with Crippen LogP contribution in [0.3, 0.4) is 0 Å². The number of halogens is 3. The Balaban J connectivity index is 1.92. The summed E-state index contributed by atoms with van der Waals surface area (Å²) in [5, 5.41) is 5.21. The first-order chi connectivity index (χ1) is 7.79. The van der Waals surface area contributed by atoms with Gasteiger partial charge in [-0.15, -0.1) is 0 Å². The van der Waals surface area contributed by atoms with Crippen LogP contribution >= 0.6 is 0 Å². The van der Waals surface area contributed by atoms with Crippen molar-refractivity contribution in [3.8, 4) is 0 Å². The van der Waals surface area contributed by atoms with Crippen molar-refractivity contribution in [1.29, 1.82) is 0 Å². The number of alkyl halides is 3. The van der Waals surface area contributed by atoms with Crippen molar-refractivity contribution >= 4 is 5.91 Å². The minimum absolute atomic E-state index is 0.0616.